The van der Waals surface area contributed by atoms with E-state index < -0.39 is 0 Å². The fourth-order valence-corrected chi connectivity index (χ4v) is 3.14. The molecule has 0 bridgehead atoms. The van der Waals surface area contributed by atoms with Gasteiger partial charge in [-0.05, 0) is 49.6 Å². The minimum absolute atomic E-state index is 0.425. The maximum Gasteiger partial charge on any atom is 0.125 e. The van der Waals surface area contributed by atoms with Crippen LogP contribution in [0.3, 0.4) is 0 Å². The van der Waals surface area contributed by atoms with Gasteiger partial charge in [0.15, 0.2) is 0 Å². The Balaban J connectivity index is 1.97. The van der Waals surface area contributed by atoms with Gasteiger partial charge < -0.3 is 14.8 Å². The third kappa shape index (κ3) is 4.21. The van der Waals surface area contributed by atoms with Gasteiger partial charge in [0, 0.05) is 30.1 Å². The van der Waals surface area contributed by atoms with Crippen LogP contribution in [0.1, 0.15) is 30.9 Å². The van der Waals surface area contributed by atoms with Crippen molar-refractivity contribution in [2.24, 2.45) is 0 Å². The van der Waals surface area contributed by atoms with Crippen LogP contribution < -0.4 is 10.1 Å². The summed E-state index contributed by atoms with van der Waals surface area (Å²) in [6.45, 7) is 4.61. The highest BCUT2D eigenvalue weighted by molar-refractivity contribution is 9.10. The molecule has 1 aliphatic rings. The first-order valence-corrected chi connectivity index (χ1v) is 8.23. The molecule has 4 heteroatoms. The van der Waals surface area contributed by atoms with Crippen LogP contribution in [-0.2, 0) is 17.6 Å². The van der Waals surface area contributed by atoms with Crippen LogP contribution in [0.5, 0.6) is 5.75 Å². The van der Waals surface area contributed by atoms with E-state index in [-0.39, 0.29) is 0 Å². The second-order valence-corrected chi connectivity index (χ2v) is 6.16. The van der Waals surface area contributed by atoms with Crippen LogP contribution >= 0.6 is 15.9 Å². The summed E-state index contributed by atoms with van der Waals surface area (Å²) in [4.78, 5) is 0. The Labute approximate surface area is 130 Å². The van der Waals surface area contributed by atoms with Crippen molar-refractivity contribution >= 4 is 15.9 Å². The molecule has 112 valence electrons. The van der Waals surface area contributed by atoms with Crippen molar-refractivity contribution in [3.8, 4) is 5.75 Å². The van der Waals surface area contributed by atoms with Crippen LogP contribution in [0.15, 0.2) is 16.6 Å². The van der Waals surface area contributed by atoms with E-state index in [9.17, 15) is 0 Å². The van der Waals surface area contributed by atoms with Crippen molar-refractivity contribution in [1.29, 1.82) is 0 Å². The number of halogens is 1. The van der Waals surface area contributed by atoms with Crippen molar-refractivity contribution in [3.05, 3.63) is 27.7 Å². The number of ether oxygens (including phenoxy) is 2. The number of fused-ring (bicyclic) bond motifs is 1. The fourth-order valence-electron chi connectivity index (χ4n) is 2.58. The van der Waals surface area contributed by atoms with Crippen molar-refractivity contribution in [3.63, 3.8) is 0 Å². The normalized spacial score (nSPS) is 14.9. The fraction of sp³-hybridized carbons (Fsp3) is 0.625. The van der Waals surface area contributed by atoms with Gasteiger partial charge in [-0.15, -0.1) is 0 Å². The number of benzene rings is 1. The molecule has 1 atom stereocenters. The number of hydrogen-bond acceptors (Lipinski definition) is 3. The van der Waals surface area contributed by atoms with Crippen molar-refractivity contribution in [1.82, 2.24) is 5.32 Å². The van der Waals surface area contributed by atoms with Crippen LogP contribution in [0.25, 0.3) is 0 Å². The molecular weight excluding hydrogens is 318 g/mol. The second-order valence-electron chi connectivity index (χ2n) is 5.24. The highest BCUT2D eigenvalue weighted by Crippen LogP contribution is 2.33. The van der Waals surface area contributed by atoms with E-state index in [1.54, 1.807) is 0 Å². The summed E-state index contributed by atoms with van der Waals surface area (Å²) in [7, 11) is 2.02. The third-order valence-electron chi connectivity index (χ3n) is 3.66. The van der Waals surface area contributed by atoms with Crippen LogP contribution in [0.4, 0.5) is 0 Å². The zero-order chi connectivity index (χ0) is 14.4. The molecule has 3 nitrogen and oxygen atoms in total. The summed E-state index contributed by atoms with van der Waals surface area (Å²) in [6, 6.07) is 4.78. The molecule has 1 N–H and O–H groups in total. The monoisotopic (exact) mass is 341 g/mol. The van der Waals surface area contributed by atoms with Gasteiger partial charge in [0.2, 0.25) is 0 Å². The van der Waals surface area contributed by atoms with E-state index in [1.807, 2.05) is 7.05 Å². The van der Waals surface area contributed by atoms with Gasteiger partial charge in [-0.1, -0.05) is 22.9 Å². The molecule has 1 aromatic rings. The minimum Gasteiger partial charge on any atom is -0.493 e. The molecule has 2 rings (SSSR count). The van der Waals surface area contributed by atoms with E-state index in [2.05, 4.69) is 40.3 Å². The molecule has 0 saturated heterocycles. The van der Waals surface area contributed by atoms with Crippen molar-refractivity contribution < 1.29 is 9.47 Å². The van der Waals surface area contributed by atoms with Gasteiger partial charge in [-0.2, -0.15) is 0 Å². The predicted octanol–water partition coefficient (Wildman–Crippen LogP) is 3.33. The Morgan fingerprint density at radius 2 is 2.25 bits per heavy atom. The Hall–Kier alpha value is -0.580. The summed E-state index contributed by atoms with van der Waals surface area (Å²) in [5.74, 6) is 1.10. The lowest BCUT2D eigenvalue weighted by atomic mass is 10.00. The smallest absolute Gasteiger partial charge is 0.125 e. The van der Waals surface area contributed by atoms with Gasteiger partial charge in [-0.3, -0.25) is 0 Å². The van der Waals surface area contributed by atoms with Gasteiger partial charge in [0.25, 0.3) is 0 Å². The van der Waals surface area contributed by atoms with Crippen molar-refractivity contribution in [2.45, 2.75) is 38.6 Å². The second kappa shape index (κ2) is 8.01. The molecule has 0 aromatic heterocycles. The lowest BCUT2D eigenvalue weighted by Crippen LogP contribution is -2.29. The maximum absolute atomic E-state index is 5.79. The Kier molecular flexibility index (Phi) is 6.33. The molecule has 0 radical (unpaired) electrons. The molecule has 0 spiro atoms. The van der Waals surface area contributed by atoms with E-state index >= 15 is 0 Å². The summed E-state index contributed by atoms with van der Waals surface area (Å²) in [6.07, 6.45) is 4.11. The summed E-state index contributed by atoms with van der Waals surface area (Å²) in [5, 5.41) is 3.39. The van der Waals surface area contributed by atoms with Crippen LogP contribution in [-0.4, -0.2) is 32.9 Å². The van der Waals surface area contributed by atoms with Crippen LogP contribution in [0, 0.1) is 0 Å². The zero-order valence-corrected chi connectivity index (χ0v) is 14.0. The molecule has 1 aliphatic heterocycles. The van der Waals surface area contributed by atoms with E-state index in [4.69, 9.17) is 9.47 Å². The number of nitrogens with one attached hydrogen (secondary N) is 1. The lowest BCUT2D eigenvalue weighted by molar-refractivity contribution is 0.125. The third-order valence-corrected chi connectivity index (χ3v) is 4.12. The first-order valence-electron chi connectivity index (χ1n) is 7.43. The molecular formula is C16H24BrNO2. The Morgan fingerprint density at radius 3 is 3.00 bits per heavy atom. The van der Waals surface area contributed by atoms with Gasteiger partial charge in [0.1, 0.15) is 5.75 Å². The molecule has 1 aromatic carbocycles. The highest BCUT2D eigenvalue weighted by Gasteiger charge is 2.19. The molecule has 0 saturated carbocycles. The average Bonchev–Trinajstić information content (AvgIpc) is 2.90. The first kappa shape index (κ1) is 15.8. The standard InChI is InChI=1S/C16H24BrNO2/c1-3-6-19-7-5-15(18-2)11-13-10-14(17)9-12-4-8-20-16(12)13/h9-10,15,18H,3-8,11H2,1-2H3. The molecule has 0 aliphatic carbocycles. The average molecular weight is 342 g/mol. The molecule has 1 unspecified atom stereocenters. The lowest BCUT2D eigenvalue weighted by Gasteiger charge is -2.18. The quantitative estimate of drug-likeness (QED) is 0.735. The van der Waals surface area contributed by atoms with Gasteiger partial charge in [0.05, 0.1) is 6.61 Å². The SMILES string of the molecule is CCCOCCC(Cc1cc(Br)cc2c1OCC2)NC. The summed E-state index contributed by atoms with van der Waals surface area (Å²) < 4.78 is 12.5. The van der Waals surface area contributed by atoms with E-state index in [1.165, 1.54) is 11.1 Å². The molecule has 20 heavy (non-hydrogen) atoms. The highest BCUT2D eigenvalue weighted by atomic mass is 79.9. The summed E-state index contributed by atoms with van der Waals surface area (Å²) >= 11 is 3.60. The van der Waals surface area contributed by atoms with Crippen molar-refractivity contribution in [2.75, 3.05) is 26.9 Å². The number of likely N-dealkylation sites (N-methyl/N-ethyl adjacent to an activating group) is 1. The largest absolute Gasteiger partial charge is 0.493 e. The van der Waals surface area contributed by atoms with Crippen LogP contribution in [0.2, 0.25) is 0 Å². The molecule has 1 heterocycles. The number of hydrogen-bond donors (Lipinski definition) is 1. The first-order chi connectivity index (χ1) is 9.74. The Bertz CT molecular complexity index is 437. The van der Waals surface area contributed by atoms with Gasteiger partial charge in [-0.25, -0.2) is 0 Å². The van der Waals surface area contributed by atoms with Gasteiger partial charge >= 0.3 is 0 Å². The van der Waals surface area contributed by atoms with E-state index in [0.717, 1.165) is 55.7 Å². The minimum atomic E-state index is 0.425. The predicted molar refractivity (Wildman–Crippen MR) is 85.6 cm³/mol. The molecule has 0 amide bonds. The Morgan fingerprint density at radius 1 is 1.40 bits per heavy atom. The maximum atomic E-state index is 5.79. The zero-order valence-electron chi connectivity index (χ0n) is 12.4. The molecule has 0 fully saturated rings. The number of rotatable bonds is 8. The van der Waals surface area contributed by atoms with E-state index in [0.29, 0.717) is 6.04 Å². The topological polar surface area (TPSA) is 30.5 Å². The summed E-state index contributed by atoms with van der Waals surface area (Å²) in [5.41, 5.74) is 2.62.